The lowest BCUT2D eigenvalue weighted by Crippen LogP contribution is -2.44. The van der Waals surface area contributed by atoms with Crippen LogP contribution in [0, 0.1) is 11.8 Å². The fraction of sp³-hybridized carbons (Fsp3) is 0.727. The number of ether oxygens (including phenoxy) is 1. The average molecular weight is 374 g/mol. The van der Waals surface area contributed by atoms with Gasteiger partial charge in [-0.2, -0.15) is 0 Å². The Bertz CT molecular complexity index is 556. The predicted octanol–water partition coefficient (Wildman–Crippen LogP) is 1.52. The SMILES string of the molecule is OC[C@H]1CN(C2CCN(Cc3ccccc3)CC2)C[C@H]1CN1CCOCC1. The number of aliphatic hydroxyl groups excluding tert-OH is 1. The van der Waals surface area contributed by atoms with Crippen LogP contribution in [0.3, 0.4) is 0 Å². The van der Waals surface area contributed by atoms with Crippen LogP contribution in [0.4, 0.5) is 0 Å². The molecule has 4 rings (SSSR count). The summed E-state index contributed by atoms with van der Waals surface area (Å²) in [5.41, 5.74) is 1.42. The van der Waals surface area contributed by atoms with Gasteiger partial charge in [0.25, 0.3) is 0 Å². The minimum Gasteiger partial charge on any atom is -0.396 e. The molecule has 150 valence electrons. The Morgan fingerprint density at radius 2 is 1.59 bits per heavy atom. The second kappa shape index (κ2) is 9.48. The maximum atomic E-state index is 9.91. The van der Waals surface area contributed by atoms with E-state index >= 15 is 0 Å². The zero-order valence-electron chi connectivity index (χ0n) is 16.5. The maximum absolute atomic E-state index is 9.91. The van der Waals surface area contributed by atoms with Crippen molar-refractivity contribution < 1.29 is 9.84 Å². The van der Waals surface area contributed by atoms with Crippen LogP contribution in [0.5, 0.6) is 0 Å². The smallest absolute Gasteiger partial charge is 0.0594 e. The third-order valence-corrected chi connectivity index (χ3v) is 6.76. The number of piperidine rings is 1. The van der Waals surface area contributed by atoms with E-state index in [1.165, 1.54) is 31.5 Å². The van der Waals surface area contributed by atoms with Gasteiger partial charge in [0, 0.05) is 51.9 Å². The first-order valence-electron chi connectivity index (χ1n) is 10.7. The summed E-state index contributed by atoms with van der Waals surface area (Å²) in [6.45, 7) is 11.0. The molecule has 0 aliphatic carbocycles. The zero-order valence-corrected chi connectivity index (χ0v) is 16.5. The van der Waals surface area contributed by atoms with Crippen molar-refractivity contribution in [3.63, 3.8) is 0 Å². The van der Waals surface area contributed by atoms with Gasteiger partial charge in [-0.1, -0.05) is 30.3 Å². The lowest BCUT2D eigenvalue weighted by Gasteiger charge is -2.37. The van der Waals surface area contributed by atoms with Gasteiger partial charge in [0.2, 0.25) is 0 Å². The first-order chi connectivity index (χ1) is 13.3. The molecule has 27 heavy (non-hydrogen) atoms. The van der Waals surface area contributed by atoms with E-state index < -0.39 is 0 Å². The lowest BCUT2D eigenvalue weighted by molar-refractivity contribution is 0.0261. The Kier molecular flexibility index (Phi) is 6.79. The van der Waals surface area contributed by atoms with Crippen molar-refractivity contribution >= 4 is 0 Å². The van der Waals surface area contributed by atoms with Crippen LogP contribution >= 0.6 is 0 Å². The van der Waals surface area contributed by atoms with E-state index in [9.17, 15) is 5.11 Å². The maximum Gasteiger partial charge on any atom is 0.0594 e. The highest BCUT2D eigenvalue weighted by atomic mass is 16.5. The summed E-state index contributed by atoms with van der Waals surface area (Å²) in [6, 6.07) is 11.5. The third-order valence-electron chi connectivity index (χ3n) is 6.76. The van der Waals surface area contributed by atoms with E-state index in [2.05, 4.69) is 45.0 Å². The summed E-state index contributed by atoms with van der Waals surface area (Å²) < 4.78 is 5.48. The van der Waals surface area contributed by atoms with E-state index in [0.717, 1.165) is 52.5 Å². The normalized spacial score (nSPS) is 29.4. The largest absolute Gasteiger partial charge is 0.396 e. The third kappa shape index (κ3) is 5.09. The molecule has 3 aliphatic rings. The standard InChI is InChI=1S/C22H35N3O2/c26-18-21-17-25(16-20(21)15-24-10-12-27-13-11-24)22-6-8-23(9-7-22)14-19-4-2-1-3-5-19/h1-5,20-22,26H,6-18H2/t20-,21-/m1/s1. The Morgan fingerprint density at radius 3 is 2.30 bits per heavy atom. The van der Waals surface area contributed by atoms with Gasteiger partial charge in [0.1, 0.15) is 0 Å². The zero-order chi connectivity index (χ0) is 18.5. The minimum atomic E-state index is 0.332. The highest BCUT2D eigenvalue weighted by Crippen LogP contribution is 2.29. The highest BCUT2D eigenvalue weighted by Gasteiger charge is 2.37. The number of likely N-dealkylation sites (tertiary alicyclic amines) is 2. The van der Waals surface area contributed by atoms with Gasteiger partial charge in [-0.15, -0.1) is 0 Å². The molecule has 0 unspecified atom stereocenters. The van der Waals surface area contributed by atoms with Crippen molar-refractivity contribution in [3.05, 3.63) is 35.9 Å². The van der Waals surface area contributed by atoms with Crippen molar-refractivity contribution in [3.8, 4) is 0 Å². The van der Waals surface area contributed by atoms with Gasteiger partial charge in [0.05, 0.1) is 13.2 Å². The molecule has 0 spiro atoms. The van der Waals surface area contributed by atoms with Gasteiger partial charge in [0.15, 0.2) is 0 Å². The van der Waals surface area contributed by atoms with E-state index in [1.807, 2.05) is 0 Å². The summed E-state index contributed by atoms with van der Waals surface area (Å²) in [5.74, 6) is 1.05. The molecule has 0 aromatic heterocycles. The van der Waals surface area contributed by atoms with Crippen LogP contribution < -0.4 is 0 Å². The van der Waals surface area contributed by atoms with Gasteiger partial charge < -0.3 is 9.84 Å². The van der Waals surface area contributed by atoms with Crippen LogP contribution in [0.25, 0.3) is 0 Å². The minimum absolute atomic E-state index is 0.332. The quantitative estimate of drug-likeness (QED) is 0.819. The van der Waals surface area contributed by atoms with Crippen LogP contribution in [0.1, 0.15) is 18.4 Å². The second-order valence-electron chi connectivity index (χ2n) is 8.56. The molecule has 1 aromatic carbocycles. The molecule has 3 heterocycles. The van der Waals surface area contributed by atoms with E-state index in [1.54, 1.807) is 0 Å². The molecule has 3 saturated heterocycles. The first-order valence-corrected chi connectivity index (χ1v) is 10.7. The summed E-state index contributed by atoms with van der Waals surface area (Å²) in [4.78, 5) is 7.81. The van der Waals surface area contributed by atoms with Crippen molar-refractivity contribution in [2.75, 3.05) is 65.6 Å². The van der Waals surface area contributed by atoms with Crippen LogP contribution in [0.15, 0.2) is 30.3 Å². The number of aliphatic hydroxyl groups is 1. The molecule has 1 N–H and O–H groups in total. The van der Waals surface area contributed by atoms with Gasteiger partial charge in [-0.25, -0.2) is 0 Å². The molecule has 3 aliphatic heterocycles. The molecule has 2 atom stereocenters. The topological polar surface area (TPSA) is 39.2 Å². The Hall–Kier alpha value is -0.980. The van der Waals surface area contributed by atoms with Crippen molar-refractivity contribution in [2.45, 2.75) is 25.4 Å². The van der Waals surface area contributed by atoms with Crippen molar-refractivity contribution in [1.29, 1.82) is 0 Å². The molecule has 0 bridgehead atoms. The van der Waals surface area contributed by atoms with Crippen LogP contribution in [-0.4, -0.2) is 91.5 Å². The highest BCUT2D eigenvalue weighted by molar-refractivity contribution is 5.14. The summed E-state index contributed by atoms with van der Waals surface area (Å²) in [7, 11) is 0. The second-order valence-corrected chi connectivity index (χ2v) is 8.56. The number of rotatable bonds is 6. The predicted molar refractivity (Wildman–Crippen MR) is 108 cm³/mol. The fourth-order valence-electron chi connectivity index (χ4n) is 5.09. The molecule has 5 heteroatoms. The number of hydrogen-bond acceptors (Lipinski definition) is 5. The van der Waals surface area contributed by atoms with Crippen LogP contribution in [0.2, 0.25) is 0 Å². The molecule has 5 nitrogen and oxygen atoms in total. The Labute approximate surface area is 163 Å². The summed E-state index contributed by atoms with van der Waals surface area (Å²) in [5, 5.41) is 9.91. The summed E-state index contributed by atoms with van der Waals surface area (Å²) >= 11 is 0. The molecule has 0 saturated carbocycles. The fourth-order valence-corrected chi connectivity index (χ4v) is 5.09. The molecular formula is C22H35N3O2. The molecule has 0 radical (unpaired) electrons. The number of hydrogen-bond donors (Lipinski definition) is 1. The van der Waals surface area contributed by atoms with Gasteiger partial charge in [-0.05, 0) is 43.3 Å². The lowest BCUT2D eigenvalue weighted by atomic mass is 9.96. The molecule has 1 aromatic rings. The number of nitrogens with zero attached hydrogens (tertiary/aromatic N) is 3. The summed E-state index contributed by atoms with van der Waals surface area (Å²) in [6.07, 6.45) is 2.52. The van der Waals surface area contributed by atoms with E-state index in [4.69, 9.17) is 4.74 Å². The number of morpholine rings is 1. The van der Waals surface area contributed by atoms with Gasteiger partial charge in [-0.3, -0.25) is 14.7 Å². The van der Waals surface area contributed by atoms with Crippen molar-refractivity contribution in [1.82, 2.24) is 14.7 Å². The van der Waals surface area contributed by atoms with Crippen molar-refractivity contribution in [2.24, 2.45) is 11.8 Å². The molecule has 3 fully saturated rings. The van der Waals surface area contributed by atoms with Gasteiger partial charge >= 0.3 is 0 Å². The first kappa shape index (κ1) is 19.3. The average Bonchev–Trinajstić information content (AvgIpc) is 3.13. The molecule has 0 amide bonds. The van der Waals surface area contributed by atoms with E-state index in [0.29, 0.717) is 24.5 Å². The monoisotopic (exact) mass is 373 g/mol. The number of benzene rings is 1. The van der Waals surface area contributed by atoms with E-state index in [-0.39, 0.29) is 0 Å². The Morgan fingerprint density at radius 1 is 0.889 bits per heavy atom. The molecular weight excluding hydrogens is 338 g/mol. The van der Waals surface area contributed by atoms with Crippen LogP contribution in [-0.2, 0) is 11.3 Å². The Balaban J connectivity index is 1.25.